The van der Waals surface area contributed by atoms with Crippen molar-refractivity contribution in [2.45, 2.75) is 0 Å². The first-order valence-electron chi connectivity index (χ1n) is 11.2. The Bertz CT molecular complexity index is 838. The maximum Gasteiger partial charge on any atom is 0.127 e. The molecule has 0 spiro atoms. The quantitative estimate of drug-likeness (QED) is 0.345. The third-order valence-corrected chi connectivity index (χ3v) is 5.38. The van der Waals surface area contributed by atoms with Crippen LogP contribution in [0.15, 0.2) is 36.4 Å². The van der Waals surface area contributed by atoms with Crippen LogP contribution < -0.4 is 0 Å². The van der Waals surface area contributed by atoms with Gasteiger partial charge in [-0.15, -0.1) is 0 Å². The molecule has 20 radical (unpaired) electrons. The van der Waals surface area contributed by atoms with Crippen LogP contribution in [0.4, 0.5) is 0 Å². The average molecular weight is 554 g/mol. The molecule has 0 amide bonds. The molecule has 0 bridgehead atoms. The van der Waals surface area contributed by atoms with Gasteiger partial charge < -0.3 is 10.2 Å². The minimum absolute atomic E-state index is 0. The molecule has 6 rings (SSSR count). The second-order valence-electron chi connectivity index (χ2n) is 7.68. The summed E-state index contributed by atoms with van der Waals surface area (Å²) >= 11 is 0. The summed E-state index contributed by atoms with van der Waals surface area (Å²) in [5, 5.41) is 21.7. The SMILES string of the molecule is Oc1cc(-c2ccccc2)c(O)c([C]2[CH][CH][CH][CH]2)c1[C]1[CH][CH][CH][CH]1.[CH]1[CH][CH][CH][CH]1.[CH]1[CH][CH][CH][CH]1.[Fe].[Fe]. The second kappa shape index (κ2) is 16.8. The Balaban J connectivity index is 0.000000317. The van der Waals surface area contributed by atoms with Crippen molar-refractivity contribution in [1.82, 2.24) is 0 Å². The molecule has 2 nitrogen and oxygen atoms in total. The van der Waals surface area contributed by atoms with Gasteiger partial charge in [0.2, 0.25) is 0 Å². The van der Waals surface area contributed by atoms with Crippen molar-refractivity contribution in [1.29, 1.82) is 0 Å². The normalized spacial score (nSPS) is 19.4. The molecule has 0 aromatic heterocycles. The Morgan fingerprint density at radius 1 is 0.444 bits per heavy atom. The molecule has 2 aromatic carbocycles. The maximum absolute atomic E-state index is 11.0. The second-order valence-corrected chi connectivity index (χ2v) is 7.68. The first-order chi connectivity index (χ1) is 16.8. The largest absolute Gasteiger partial charge is 0.508 e. The molecule has 0 unspecified atom stereocenters. The number of benzene rings is 2. The van der Waals surface area contributed by atoms with Crippen molar-refractivity contribution in [3.63, 3.8) is 0 Å². The third-order valence-electron chi connectivity index (χ3n) is 5.38. The van der Waals surface area contributed by atoms with Crippen molar-refractivity contribution >= 4 is 0 Å². The van der Waals surface area contributed by atoms with Crippen molar-refractivity contribution < 1.29 is 44.4 Å². The summed E-state index contributed by atoms with van der Waals surface area (Å²) in [5.41, 5.74) is 2.81. The molecule has 2 N–H and O–H groups in total. The molecule has 0 heterocycles. The van der Waals surface area contributed by atoms with Crippen LogP contribution >= 0.6 is 0 Å². The van der Waals surface area contributed by atoms with Crippen molar-refractivity contribution in [3.8, 4) is 22.6 Å². The zero-order valence-corrected chi connectivity index (χ0v) is 21.7. The van der Waals surface area contributed by atoms with Crippen LogP contribution in [0, 0.1) is 127 Å². The van der Waals surface area contributed by atoms with E-state index in [1.165, 1.54) is 0 Å². The van der Waals surface area contributed by atoms with E-state index < -0.39 is 0 Å². The van der Waals surface area contributed by atoms with E-state index in [1.54, 1.807) is 6.07 Å². The van der Waals surface area contributed by atoms with Gasteiger partial charge in [0.25, 0.3) is 0 Å². The molecule has 182 valence electrons. The van der Waals surface area contributed by atoms with Gasteiger partial charge in [-0.3, -0.25) is 0 Å². The number of phenols is 2. The molecule has 2 aromatic rings. The minimum Gasteiger partial charge on any atom is -0.508 e. The minimum atomic E-state index is 0. The van der Waals surface area contributed by atoms with Crippen LogP contribution in [0.25, 0.3) is 11.1 Å². The standard InChI is InChI=1S/C22H16O2.2C5H5.2Fe/c23-19-14-18(15-8-2-1-3-9-15)22(24)21(17-12-6-7-13-17)20(19)16-10-4-5-11-16;2*1-2-4-5-3-1;;/h1-14,23-24H;2*1-5H;;. The van der Waals surface area contributed by atoms with Gasteiger partial charge in [-0.2, -0.15) is 0 Å². The van der Waals surface area contributed by atoms with E-state index >= 15 is 0 Å². The van der Waals surface area contributed by atoms with Crippen LogP contribution in [0.2, 0.25) is 0 Å². The zero-order valence-electron chi connectivity index (χ0n) is 19.5. The zero-order chi connectivity index (χ0) is 23.6. The molecule has 0 saturated heterocycles. The van der Waals surface area contributed by atoms with E-state index in [4.69, 9.17) is 0 Å². The van der Waals surface area contributed by atoms with Gasteiger partial charge in [-0.1, -0.05) is 30.3 Å². The van der Waals surface area contributed by atoms with Crippen LogP contribution in [0.5, 0.6) is 11.5 Å². The first-order valence-corrected chi connectivity index (χ1v) is 11.2. The Morgan fingerprint density at radius 3 is 1.25 bits per heavy atom. The van der Waals surface area contributed by atoms with Crippen molar-refractivity contribution in [2.24, 2.45) is 0 Å². The van der Waals surface area contributed by atoms with Gasteiger partial charge in [-0.25, -0.2) is 0 Å². The monoisotopic (exact) mass is 554 g/mol. The predicted molar refractivity (Wildman–Crippen MR) is 137 cm³/mol. The summed E-state index contributed by atoms with van der Waals surface area (Å²) in [6.45, 7) is 0. The molecule has 4 fully saturated rings. The van der Waals surface area contributed by atoms with E-state index in [2.05, 4.69) is 0 Å². The Kier molecular flexibility index (Phi) is 14.6. The van der Waals surface area contributed by atoms with E-state index in [1.807, 2.05) is 146 Å². The average Bonchev–Trinajstić information content (AvgIpc) is 3.70. The number of aromatic hydroxyl groups is 2. The first kappa shape index (κ1) is 31.3. The van der Waals surface area contributed by atoms with Crippen molar-refractivity contribution in [2.75, 3.05) is 0 Å². The fourth-order valence-electron chi connectivity index (χ4n) is 3.79. The molecular formula is C32H26Fe2O2. The number of hydrogen-bond acceptors (Lipinski definition) is 2. The topological polar surface area (TPSA) is 40.5 Å². The van der Waals surface area contributed by atoms with Crippen molar-refractivity contribution in [3.05, 3.63) is 175 Å². The molecular weight excluding hydrogens is 528 g/mol. The smallest absolute Gasteiger partial charge is 0.127 e. The summed E-state index contributed by atoms with van der Waals surface area (Å²) < 4.78 is 0. The van der Waals surface area contributed by atoms with E-state index in [0.717, 1.165) is 17.4 Å². The molecule has 36 heavy (non-hydrogen) atoms. The van der Waals surface area contributed by atoms with Gasteiger partial charge in [0.05, 0.1) is 0 Å². The maximum atomic E-state index is 11.0. The van der Waals surface area contributed by atoms with Crippen LogP contribution in [0.3, 0.4) is 0 Å². The fourth-order valence-corrected chi connectivity index (χ4v) is 3.79. The van der Waals surface area contributed by atoms with E-state index in [-0.39, 0.29) is 45.6 Å². The van der Waals surface area contributed by atoms with Crippen LogP contribution in [0.1, 0.15) is 11.1 Å². The summed E-state index contributed by atoms with van der Waals surface area (Å²) in [5.74, 6) is 2.12. The summed E-state index contributed by atoms with van der Waals surface area (Å²) in [6.07, 6.45) is 35.4. The number of rotatable bonds is 3. The molecule has 4 aliphatic rings. The number of hydrogen-bond donors (Lipinski definition) is 2. The van der Waals surface area contributed by atoms with E-state index in [0.29, 0.717) is 16.7 Å². The van der Waals surface area contributed by atoms with E-state index in [9.17, 15) is 10.2 Å². The van der Waals surface area contributed by atoms with Crippen LogP contribution in [-0.2, 0) is 34.1 Å². The summed E-state index contributed by atoms with van der Waals surface area (Å²) in [7, 11) is 0. The Hall–Kier alpha value is -0.921. The fraction of sp³-hybridized carbons (Fsp3) is 0. The van der Waals surface area contributed by atoms with Gasteiger partial charge >= 0.3 is 0 Å². The summed E-state index contributed by atoms with van der Waals surface area (Å²) in [4.78, 5) is 0. The molecule has 4 saturated carbocycles. The predicted octanol–water partition coefficient (Wildman–Crippen LogP) is 6.31. The summed E-state index contributed by atoms with van der Waals surface area (Å²) in [6, 6.07) is 11.2. The van der Waals surface area contributed by atoms with Gasteiger partial charge in [-0.05, 0) is 127 Å². The molecule has 4 aliphatic carbocycles. The Morgan fingerprint density at radius 2 is 0.833 bits per heavy atom. The third kappa shape index (κ3) is 8.56. The number of phenolic OH excluding ortho intramolecular Hbond substituents is 2. The molecule has 0 atom stereocenters. The Labute approximate surface area is 241 Å². The molecule has 4 heteroatoms. The van der Waals surface area contributed by atoms with Gasteiger partial charge in [0.1, 0.15) is 11.5 Å². The van der Waals surface area contributed by atoms with Crippen LogP contribution in [-0.4, -0.2) is 10.2 Å². The van der Waals surface area contributed by atoms with Gasteiger partial charge in [0, 0.05) is 62.7 Å². The van der Waals surface area contributed by atoms with Gasteiger partial charge in [0.15, 0.2) is 0 Å². The molecule has 0 aliphatic heterocycles.